The van der Waals surface area contributed by atoms with E-state index in [1.807, 2.05) is 0 Å². The number of aryl methyl sites for hydroxylation is 2. The number of thioether (sulfide) groups is 1. The molecule has 1 aliphatic rings. The minimum absolute atomic E-state index is 0.303. The molecule has 2 heterocycles. The van der Waals surface area contributed by atoms with E-state index in [0.717, 1.165) is 43.4 Å². The van der Waals surface area contributed by atoms with Gasteiger partial charge in [0.15, 0.2) is 0 Å². The second kappa shape index (κ2) is 7.62. The van der Waals surface area contributed by atoms with Gasteiger partial charge in [0.2, 0.25) is 0 Å². The summed E-state index contributed by atoms with van der Waals surface area (Å²) < 4.78 is 5.36. The summed E-state index contributed by atoms with van der Waals surface area (Å²) in [5.41, 5.74) is 3.52. The molecule has 5 heteroatoms. The van der Waals surface area contributed by atoms with Crippen molar-refractivity contribution in [1.82, 2.24) is 4.98 Å². The molecule has 1 saturated heterocycles. The molecule has 0 unspecified atom stereocenters. The highest BCUT2D eigenvalue weighted by molar-refractivity contribution is 7.99. The van der Waals surface area contributed by atoms with Crippen LogP contribution >= 0.6 is 11.8 Å². The van der Waals surface area contributed by atoms with Gasteiger partial charge in [-0.1, -0.05) is 18.2 Å². The summed E-state index contributed by atoms with van der Waals surface area (Å²) in [5.74, 6) is 0.689. The van der Waals surface area contributed by atoms with Crippen molar-refractivity contribution in [3.05, 3.63) is 35.4 Å². The SMILES string of the molecule is Cc1cc(SC[C@@H](O)C[NH+]2CCOCC2)nc2c(C)cccc12. The Hall–Kier alpha value is -1.14. The van der Waals surface area contributed by atoms with Crippen LogP contribution in [0.3, 0.4) is 0 Å². The van der Waals surface area contributed by atoms with Gasteiger partial charge in [-0.3, -0.25) is 0 Å². The topological polar surface area (TPSA) is 46.8 Å². The quantitative estimate of drug-likeness (QED) is 0.808. The second-order valence-corrected chi connectivity index (χ2v) is 7.32. The van der Waals surface area contributed by atoms with Gasteiger partial charge >= 0.3 is 0 Å². The molecule has 2 aromatic rings. The highest BCUT2D eigenvalue weighted by atomic mass is 32.2. The van der Waals surface area contributed by atoms with Crippen molar-refractivity contribution in [1.29, 1.82) is 0 Å². The molecule has 1 atom stereocenters. The van der Waals surface area contributed by atoms with Crippen molar-refractivity contribution in [3.63, 3.8) is 0 Å². The molecule has 1 aromatic carbocycles. The average molecular weight is 333 g/mol. The highest BCUT2D eigenvalue weighted by Crippen LogP contribution is 2.25. The minimum Gasteiger partial charge on any atom is -0.386 e. The zero-order chi connectivity index (χ0) is 16.2. The molecule has 1 aliphatic heterocycles. The van der Waals surface area contributed by atoms with E-state index in [1.54, 1.807) is 11.8 Å². The van der Waals surface area contributed by atoms with Gasteiger partial charge in [0.1, 0.15) is 25.7 Å². The monoisotopic (exact) mass is 333 g/mol. The molecule has 4 nitrogen and oxygen atoms in total. The van der Waals surface area contributed by atoms with E-state index in [2.05, 4.69) is 38.1 Å². The maximum atomic E-state index is 10.3. The third-order valence-electron chi connectivity index (χ3n) is 4.37. The van der Waals surface area contributed by atoms with Crippen LogP contribution in [0.15, 0.2) is 29.3 Å². The lowest BCUT2D eigenvalue weighted by Crippen LogP contribution is -3.15. The standard InChI is InChI=1S/C18H24N2O2S/c1-13-4-3-5-16-14(2)10-17(19-18(13)16)23-12-15(21)11-20-6-8-22-9-7-20/h3-5,10,15,21H,6-9,11-12H2,1-2H3/p+1/t15-/m0/s1. The third-order valence-corrected chi connectivity index (χ3v) is 5.43. The third kappa shape index (κ3) is 4.23. The second-order valence-electron chi connectivity index (χ2n) is 6.28. The molecule has 0 radical (unpaired) electrons. The van der Waals surface area contributed by atoms with Crippen LogP contribution in [0.5, 0.6) is 0 Å². The Bertz CT molecular complexity index is 671. The van der Waals surface area contributed by atoms with Gasteiger partial charge in [0.05, 0.1) is 23.8 Å². The predicted molar refractivity (Wildman–Crippen MR) is 94.3 cm³/mol. The number of aromatic nitrogens is 1. The summed E-state index contributed by atoms with van der Waals surface area (Å²) >= 11 is 1.65. The minimum atomic E-state index is -0.303. The van der Waals surface area contributed by atoms with E-state index < -0.39 is 0 Å². The first kappa shape index (κ1) is 16.7. The van der Waals surface area contributed by atoms with E-state index >= 15 is 0 Å². The largest absolute Gasteiger partial charge is 0.386 e. The van der Waals surface area contributed by atoms with Gasteiger partial charge in [-0.15, -0.1) is 11.8 Å². The molecule has 0 bridgehead atoms. The normalized spacial score (nSPS) is 17.5. The average Bonchev–Trinajstić information content (AvgIpc) is 2.55. The van der Waals surface area contributed by atoms with Crippen LogP contribution in [-0.4, -0.2) is 54.8 Å². The van der Waals surface area contributed by atoms with Crippen LogP contribution in [0.2, 0.25) is 0 Å². The van der Waals surface area contributed by atoms with Crippen LogP contribution < -0.4 is 4.90 Å². The molecule has 1 aromatic heterocycles. The predicted octanol–water partition coefficient (Wildman–Crippen LogP) is 1.22. The van der Waals surface area contributed by atoms with E-state index in [-0.39, 0.29) is 6.10 Å². The molecule has 0 saturated carbocycles. The van der Waals surface area contributed by atoms with Gasteiger partial charge in [0.25, 0.3) is 0 Å². The lowest BCUT2D eigenvalue weighted by Gasteiger charge is -2.25. The first-order valence-corrected chi connectivity index (χ1v) is 9.21. The fraction of sp³-hybridized carbons (Fsp3) is 0.500. The number of aliphatic hydroxyl groups is 1. The number of benzene rings is 1. The Morgan fingerprint density at radius 2 is 2.04 bits per heavy atom. The number of hydrogen-bond acceptors (Lipinski definition) is 4. The summed E-state index contributed by atoms with van der Waals surface area (Å²) in [6, 6.07) is 8.42. The molecule has 23 heavy (non-hydrogen) atoms. The maximum absolute atomic E-state index is 10.3. The molecule has 3 rings (SSSR count). The molecule has 124 valence electrons. The Morgan fingerprint density at radius 1 is 1.26 bits per heavy atom. The van der Waals surface area contributed by atoms with Crippen molar-refractivity contribution >= 4 is 22.7 Å². The van der Waals surface area contributed by atoms with Crippen molar-refractivity contribution < 1.29 is 14.7 Å². The van der Waals surface area contributed by atoms with Gasteiger partial charge in [-0.05, 0) is 31.0 Å². The smallest absolute Gasteiger partial charge is 0.112 e. The molecule has 1 fully saturated rings. The van der Waals surface area contributed by atoms with Gasteiger partial charge < -0.3 is 14.7 Å². The zero-order valence-electron chi connectivity index (χ0n) is 13.8. The molecular weight excluding hydrogens is 308 g/mol. The number of para-hydroxylation sites is 1. The first-order chi connectivity index (χ1) is 11.1. The summed E-state index contributed by atoms with van der Waals surface area (Å²) in [6.07, 6.45) is -0.303. The highest BCUT2D eigenvalue weighted by Gasteiger charge is 2.18. The Morgan fingerprint density at radius 3 is 2.83 bits per heavy atom. The number of ether oxygens (including phenoxy) is 1. The number of nitrogens with zero attached hydrogens (tertiary/aromatic N) is 1. The first-order valence-electron chi connectivity index (χ1n) is 8.22. The number of hydrogen-bond donors (Lipinski definition) is 2. The lowest BCUT2D eigenvalue weighted by atomic mass is 10.1. The van der Waals surface area contributed by atoms with Gasteiger partial charge in [-0.25, -0.2) is 4.98 Å². The number of fused-ring (bicyclic) bond motifs is 1. The van der Waals surface area contributed by atoms with Crippen molar-refractivity contribution in [2.24, 2.45) is 0 Å². The lowest BCUT2D eigenvalue weighted by molar-refractivity contribution is -0.910. The van der Waals surface area contributed by atoms with Crippen LogP contribution in [0.1, 0.15) is 11.1 Å². The molecule has 0 spiro atoms. The number of aliphatic hydroxyl groups excluding tert-OH is 1. The summed E-state index contributed by atoms with van der Waals surface area (Å²) in [5, 5.41) is 12.5. The van der Waals surface area contributed by atoms with E-state index in [0.29, 0.717) is 5.75 Å². The van der Waals surface area contributed by atoms with Crippen LogP contribution in [-0.2, 0) is 4.74 Å². The zero-order valence-corrected chi connectivity index (χ0v) is 14.7. The molecular formula is C18H25N2O2S+. The Balaban J connectivity index is 1.63. The van der Waals surface area contributed by atoms with Crippen molar-refractivity contribution in [3.8, 4) is 0 Å². The number of nitrogens with one attached hydrogen (secondary N) is 1. The number of quaternary nitrogens is 1. The van der Waals surface area contributed by atoms with Crippen molar-refractivity contribution in [2.45, 2.75) is 25.0 Å². The summed E-state index contributed by atoms with van der Waals surface area (Å²) in [7, 11) is 0. The number of morpholine rings is 1. The Kier molecular flexibility index (Phi) is 5.54. The van der Waals surface area contributed by atoms with Crippen LogP contribution in [0, 0.1) is 13.8 Å². The summed E-state index contributed by atoms with van der Waals surface area (Å²) in [6.45, 7) is 8.62. The van der Waals surface area contributed by atoms with E-state index in [1.165, 1.54) is 21.4 Å². The van der Waals surface area contributed by atoms with E-state index in [4.69, 9.17) is 9.72 Å². The van der Waals surface area contributed by atoms with Gasteiger partial charge in [0, 0.05) is 11.1 Å². The summed E-state index contributed by atoms with van der Waals surface area (Å²) in [4.78, 5) is 6.21. The number of pyridine rings is 1. The number of rotatable bonds is 5. The molecule has 2 N–H and O–H groups in total. The fourth-order valence-electron chi connectivity index (χ4n) is 3.04. The van der Waals surface area contributed by atoms with Gasteiger partial charge in [-0.2, -0.15) is 0 Å². The fourth-order valence-corrected chi connectivity index (χ4v) is 3.94. The van der Waals surface area contributed by atoms with Crippen LogP contribution in [0.4, 0.5) is 0 Å². The van der Waals surface area contributed by atoms with Crippen molar-refractivity contribution in [2.75, 3.05) is 38.6 Å². The Labute approximate surface area is 141 Å². The van der Waals surface area contributed by atoms with Crippen LogP contribution in [0.25, 0.3) is 10.9 Å². The van der Waals surface area contributed by atoms with E-state index in [9.17, 15) is 5.11 Å². The molecule has 0 aliphatic carbocycles. The molecule has 0 amide bonds. The maximum Gasteiger partial charge on any atom is 0.112 e.